The summed E-state index contributed by atoms with van der Waals surface area (Å²) in [5.74, 6) is -1.29. The van der Waals surface area contributed by atoms with E-state index in [0.29, 0.717) is 0 Å². The Balaban J connectivity index is 2.02. The smallest absolute Gasteiger partial charge is 0.326 e. The number of aryl methyl sites for hydroxylation is 1. The van der Waals surface area contributed by atoms with E-state index in [-0.39, 0.29) is 18.7 Å². The van der Waals surface area contributed by atoms with E-state index >= 15 is 0 Å². The van der Waals surface area contributed by atoms with E-state index in [1.807, 2.05) is 61.5 Å². The summed E-state index contributed by atoms with van der Waals surface area (Å²) in [5.41, 5.74) is 2.93. The number of nitrogens with one attached hydrogen (secondary N) is 1. The first-order valence-electron chi connectivity index (χ1n) is 7.73. The molecule has 0 saturated heterocycles. The zero-order valence-corrected chi connectivity index (χ0v) is 13.2. The number of hydrogen-bond acceptors (Lipinski definition) is 2. The highest BCUT2D eigenvalue weighted by Gasteiger charge is 2.20. The van der Waals surface area contributed by atoms with Gasteiger partial charge in [-0.05, 0) is 23.1 Å². The Hall–Kier alpha value is -2.62. The van der Waals surface area contributed by atoms with Crippen LogP contribution >= 0.6 is 0 Å². The number of carbonyl (C=O) groups is 2. The highest BCUT2D eigenvalue weighted by Crippen LogP contribution is 2.11. The van der Waals surface area contributed by atoms with Gasteiger partial charge in [-0.1, -0.05) is 61.5 Å². The third kappa shape index (κ3) is 4.95. The Labute approximate surface area is 136 Å². The standard InChI is InChI=1S/C19H21NO3/c1-2-15-10-6-7-11-16(15)13-18(21)20-17(19(22)23)12-14-8-4-3-5-9-14/h3-11,17H,2,12-13H2,1H3,(H,20,21)(H,22,23). The summed E-state index contributed by atoms with van der Waals surface area (Å²) in [6.07, 6.45) is 1.32. The Morgan fingerprint density at radius 3 is 2.22 bits per heavy atom. The quantitative estimate of drug-likeness (QED) is 0.826. The molecular weight excluding hydrogens is 290 g/mol. The molecule has 0 heterocycles. The molecule has 2 aromatic carbocycles. The molecule has 0 radical (unpaired) electrons. The van der Waals surface area contributed by atoms with Gasteiger partial charge < -0.3 is 10.4 Å². The average Bonchev–Trinajstić information content (AvgIpc) is 2.55. The van der Waals surface area contributed by atoms with Gasteiger partial charge in [0.2, 0.25) is 5.91 Å². The first-order chi connectivity index (χ1) is 11.1. The van der Waals surface area contributed by atoms with E-state index in [4.69, 9.17) is 0 Å². The summed E-state index contributed by atoms with van der Waals surface area (Å²) >= 11 is 0. The summed E-state index contributed by atoms with van der Waals surface area (Å²) in [7, 11) is 0. The van der Waals surface area contributed by atoms with Crippen molar-refractivity contribution in [2.45, 2.75) is 32.2 Å². The topological polar surface area (TPSA) is 66.4 Å². The predicted octanol–water partition coefficient (Wildman–Crippen LogP) is 2.60. The fourth-order valence-electron chi connectivity index (χ4n) is 2.54. The van der Waals surface area contributed by atoms with Crippen molar-refractivity contribution >= 4 is 11.9 Å². The third-order valence-corrected chi connectivity index (χ3v) is 3.77. The first-order valence-corrected chi connectivity index (χ1v) is 7.73. The maximum atomic E-state index is 12.2. The van der Waals surface area contributed by atoms with Crippen molar-refractivity contribution in [3.63, 3.8) is 0 Å². The Morgan fingerprint density at radius 2 is 1.61 bits per heavy atom. The van der Waals surface area contributed by atoms with Crippen LogP contribution in [0.1, 0.15) is 23.6 Å². The van der Waals surface area contributed by atoms with Crippen LogP contribution in [0.25, 0.3) is 0 Å². The number of rotatable bonds is 7. The molecule has 2 N–H and O–H groups in total. The Kier molecular flexibility index (Phi) is 5.92. The van der Waals surface area contributed by atoms with Crippen molar-refractivity contribution in [3.8, 4) is 0 Å². The van der Waals surface area contributed by atoms with Crippen molar-refractivity contribution in [1.29, 1.82) is 0 Å². The molecule has 1 atom stereocenters. The Morgan fingerprint density at radius 1 is 1.00 bits per heavy atom. The molecule has 0 aliphatic carbocycles. The minimum Gasteiger partial charge on any atom is -0.480 e. The highest BCUT2D eigenvalue weighted by molar-refractivity contribution is 5.85. The van der Waals surface area contributed by atoms with Crippen LogP contribution < -0.4 is 5.32 Å². The van der Waals surface area contributed by atoms with Crippen molar-refractivity contribution in [2.24, 2.45) is 0 Å². The molecule has 1 unspecified atom stereocenters. The van der Waals surface area contributed by atoms with Gasteiger partial charge in [0.1, 0.15) is 6.04 Å². The van der Waals surface area contributed by atoms with Gasteiger partial charge in [-0.15, -0.1) is 0 Å². The van der Waals surface area contributed by atoms with Gasteiger partial charge >= 0.3 is 5.97 Å². The number of carboxylic acids is 1. The molecule has 0 spiro atoms. The lowest BCUT2D eigenvalue weighted by molar-refractivity contribution is -0.141. The van der Waals surface area contributed by atoms with Crippen molar-refractivity contribution in [1.82, 2.24) is 5.32 Å². The largest absolute Gasteiger partial charge is 0.480 e. The second kappa shape index (κ2) is 8.13. The number of benzene rings is 2. The van der Waals surface area contributed by atoms with Gasteiger partial charge in [0.05, 0.1) is 6.42 Å². The molecule has 4 heteroatoms. The number of carboxylic acid groups (broad SMARTS) is 1. The van der Waals surface area contributed by atoms with E-state index in [1.165, 1.54) is 0 Å². The van der Waals surface area contributed by atoms with Gasteiger partial charge in [0.25, 0.3) is 0 Å². The summed E-state index contributed by atoms with van der Waals surface area (Å²) in [6, 6.07) is 16.1. The molecule has 0 bridgehead atoms. The van der Waals surface area contributed by atoms with Crippen LogP contribution in [0.4, 0.5) is 0 Å². The van der Waals surface area contributed by atoms with Crippen LogP contribution in [0.5, 0.6) is 0 Å². The molecule has 120 valence electrons. The van der Waals surface area contributed by atoms with Crippen LogP contribution in [-0.2, 0) is 28.9 Å². The van der Waals surface area contributed by atoms with Crippen LogP contribution in [0.3, 0.4) is 0 Å². The molecule has 0 saturated carbocycles. The molecule has 0 aliphatic rings. The normalized spacial score (nSPS) is 11.7. The minimum absolute atomic E-state index is 0.197. The van der Waals surface area contributed by atoms with E-state index in [0.717, 1.165) is 23.1 Å². The summed E-state index contributed by atoms with van der Waals surface area (Å²) in [6.45, 7) is 2.03. The predicted molar refractivity (Wildman–Crippen MR) is 89.2 cm³/mol. The molecule has 2 rings (SSSR count). The number of aliphatic carboxylic acids is 1. The third-order valence-electron chi connectivity index (χ3n) is 3.77. The minimum atomic E-state index is -1.02. The van der Waals surface area contributed by atoms with E-state index in [1.54, 1.807) is 0 Å². The monoisotopic (exact) mass is 311 g/mol. The maximum absolute atomic E-state index is 12.2. The van der Waals surface area contributed by atoms with Gasteiger partial charge in [0, 0.05) is 6.42 Å². The first kappa shape index (κ1) is 16.7. The second-order valence-electron chi connectivity index (χ2n) is 5.45. The van der Waals surface area contributed by atoms with E-state index < -0.39 is 12.0 Å². The molecule has 0 aromatic heterocycles. The molecule has 1 amide bonds. The number of carbonyl (C=O) groups excluding carboxylic acids is 1. The molecule has 4 nitrogen and oxygen atoms in total. The van der Waals surface area contributed by atoms with Crippen molar-refractivity contribution in [2.75, 3.05) is 0 Å². The molecule has 2 aromatic rings. The van der Waals surface area contributed by atoms with Crippen molar-refractivity contribution < 1.29 is 14.7 Å². The summed E-state index contributed by atoms with van der Waals surface area (Å²) < 4.78 is 0. The number of amides is 1. The molecule has 0 fully saturated rings. The van der Waals surface area contributed by atoms with Crippen LogP contribution in [0, 0.1) is 0 Å². The van der Waals surface area contributed by atoms with E-state index in [2.05, 4.69) is 5.32 Å². The highest BCUT2D eigenvalue weighted by atomic mass is 16.4. The van der Waals surface area contributed by atoms with Gasteiger partial charge in [0.15, 0.2) is 0 Å². The lowest BCUT2D eigenvalue weighted by Gasteiger charge is -2.15. The second-order valence-corrected chi connectivity index (χ2v) is 5.45. The number of hydrogen-bond donors (Lipinski definition) is 2. The SMILES string of the molecule is CCc1ccccc1CC(=O)NC(Cc1ccccc1)C(=O)O. The summed E-state index contributed by atoms with van der Waals surface area (Å²) in [4.78, 5) is 23.6. The maximum Gasteiger partial charge on any atom is 0.326 e. The van der Waals surface area contributed by atoms with Crippen molar-refractivity contribution in [3.05, 3.63) is 71.3 Å². The van der Waals surface area contributed by atoms with E-state index in [9.17, 15) is 14.7 Å². The van der Waals surface area contributed by atoms with Gasteiger partial charge in [-0.2, -0.15) is 0 Å². The average molecular weight is 311 g/mol. The fraction of sp³-hybridized carbons (Fsp3) is 0.263. The molecule has 23 heavy (non-hydrogen) atoms. The summed E-state index contributed by atoms with van der Waals surface area (Å²) in [5, 5.41) is 12.0. The Bertz CT molecular complexity index is 667. The lowest BCUT2D eigenvalue weighted by atomic mass is 10.0. The van der Waals surface area contributed by atoms with Gasteiger partial charge in [-0.25, -0.2) is 4.79 Å². The van der Waals surface area contributed by atoms with Crippen LogP contribution in [0.15, 0.2) is 54.6 Å². The van der Waals surface area contributed by atoms with Crippen LogP contribution in [0.2, 0.25) is 0 Å². The molecule has 0 aliphatic heterocycles. The van der Waals surface area contributed by atoms with Crippen LogP contribution in [-0.4, -0.2) is 23.0 Å². The zero-order chi connectivity index (χ0) is 16.7. The zero-order valence-electron chi connectivity index (χ0n) is 13.2. The molecular formula is C19H21NO3. The lowest BCUT2D eigenvalue weighted by Crippen LogP contribution is -2.43. The van der Waals surface area contributed by atoms with Gasteiger partial charge in [-0.3, -0.25) is 4.79 Å². The fourth-order valence-corrected chi connectivity index (χ4v) is 2.54.